The first-order valence-electron chi connectivity index (χ1n) is 6.54. The molecule has 1 aliphatic rings. The number of carbonyl (C=O) groups is 1. The molecule has 1 aliphatic heterocycles. The van der Waals surface area contributed by atoms with Gasteiger partial charge in [-0.05, 0) is 24.8 Å². The number of benzene rings is 1. The van der Waals surface area contributed by atoms with Crippen LogP contribution in [-0.4, -0.2) is 17.1 Å². The number of unbranched alkanes of at least 4 members (excludes halogenated alkanes) is 1. The van der Waals surface area contributed by atoms with Crippen LogP contribution in [0.5, 0.6) is 0 Å². The molecule has 5 nitrogen and oxygen atoms in total. The van der Waals surface area contributed by atoms with E-state index in [-0.39, 0.29) is 36.8 Å². The summed E-state index contributed by atoms with van der Waals surface area (Å²) in [4.78, 5) is 15.8. The van der Waals surface area contributed by atoms with E-state index in [1.165, 1.54) is 11.9 Å². The molecule has 0 bridgehead atoms. The van der Waals surface area contributed by atoms with Gasteiger partial charge in [-0.25, -0.2) is 0 Å². The Bertz CT molecular complexity index is 588. The van der Waals surface area contributed by atoms with Crippen LogP contribution >= 0.6 is 0 Å². The second kappa shape index (κ2) is 7.37. The number of nitrogens with zero attached hydrogens (tertiary/aromatic N) is 2. The first kappa shape index (κ1) is 16.6. The predicted octanol–water partition coefficient (Wildman–Crippen LogP) is -3.38. The molecule has 0 aliphatic carbocycles. The van der Waals surface area contributed by atoms with Gasteiger partial charge >= 0.3 is 18.9 Å². The molecular formula is C14H18LiN3O2. The number of hydrogen-bond acceptors (Lipinski definition) is 4. The zero-order chi connectivity index (χ0) is 13.8. The molecule has 20 heavy (non-hydrogen) atoms. The van der Waals surface area contributed by atoms with Crippen molar-refractivity contribution in [2.75, 3.05) is 0 Å². The van der Waals surface area contributed by atoms with Gasteiger partial charge in [-0.15, -0.1) is 0 Å². The Kier molecular flexibility index (Phi) is 6.12. The van der Waals surface area contributed by atoms with Gasteiger partial charge in [0.05, 0.1) is 5.36 Å². The maximum Gasteiger partial charge on any atom is 1.00 e. The first-order valence-corrected chi connectivity index (χ1v) is 6.54. The van der Waals surface area contributed by atoms with E-state index in [1.54, 1.807) is 12.1 Å². The fourth-order valence-electron chi connectivity index (χ4n) is 2.13. The van der Waals surface area contributed by atoms with Crippen LogP contribution in [0.2, 0.25) is 0 Å². The van der Waals surface area contributed by atoms with Crippen LogP contribution in [0.25, 0.3) is 5.88 Å². The van der Waals surface area contributed by atoms with E-state index in [0.29, 0.717) is 10.6 Å². The number of rotatable bonds is 4. The minimum Gasteiger partial charge on any atom is -0.858 e. The van der Waals surface area contributed by atoms with E-state index in [0.717, 1.165) is 19.3 Å². The smallest absolute Gasteiger partial charge is 0.858 e. The Morgan fingerprint density at radius 1 is 1.45 bits per heavy atom. The van der Waals surface area contributed by atoms with E-state index >= 15 is 0 Å². The van der Waals surface area contributed by atoms with E-state index in [4.69, 9.17) is 0 Å². The molecule has 1 aromatic rings. The molecule has 6 heteroatoms. The Morgan fingerprint density at radius 2 is 2.15 bits per heavy atom. The maximum atomic E-state index is 12.4. The number of para-hydroxylation sites is 1. The molecule has 0 radical (unpaired) electrons. The number of fused-ring (bicyclic) bond motifs is 1. The van der Waals surface area contributed by atoms with Crippen LogP contribution in [0.3, 0.4) is 0 Å². The molecule has 2 rings (SSSR count). The molecule has 0 aromatic heterocycles. The normalized spacial score (nSPS) is 16.8. The third-order valence-corrected chi connectivity index (χ3v) is 3.03. The van der Waals surface area contributed by atoms with Crippen molar-refractivity contribution in [3.8, 4) is 0 Å². The molecule has 0 spiro atoms. The molecule has 1 amide bonds. The minimum absolute atomic E-state index is 0. The number of carbonyl (C=O) groups excluding carboxylic acids is 1. The first-order chi connectivity index (χ1) is 9.13. The van der Waals surface area contributed by atoms with Gasteiger partial charge in [0.25, 0.3) is 0 Å². The molecule has 0 saturated heterocycles. The Hall–Kier alpha value is -1.44. The van der Waals surface area contributed by atoms with Crippen molar-refractivity contribution in [3.05, 3.63) is 34.8 Å². The fraction of sp³-hybridized carbons (Fsp3) is 0.429. The van der Waals surface area contributed by atoms with Crippen molar-refractivity contribution in [2.45, 2.75) is 39.3 Å². The summed E-state index contributed by atoms with van der Waals surface area (Å²) in [6.45, 7) is 3.48. The minimum atomic E-state index is -0.314. The summed E-state index contributed by atoms with van der Waals surface area (Å²) in [5.41, 5.74) is 2.58. The van der Waals surface area contributed by atoms with E-state index in [9.17, 15) is 9.90 Å². The number of hydrogen-bond donors (Lipinski definition) is 1. The van der Waals surface area contributed by atoms with Crippen LogP contribution in [0, 0.1) is 0 Å². The Balaban J connectivity index is 0.00000200. The summed E-state index contributed by atoms with van der Waals surface area (Å²) >= 11 is 0. The summed E-state index contributed by atoms with van der Waals surface area (Å²) in [6, 6.07) is 7.22. The maximum absolute atomic E-state index is 12.4. The topological polar surface area (TPSA) is 67.8 Å². The molecule has 1 atom stereocenters. The van der Waals surface area contributed by atoms with Crippen LogP contribution in [0.15, 0.2) is 29.3 Å². The van der Waals surface area contributed by atoms with Crippen molar-refractivity contribution >= 4 is 11.8 Å². The van der Waals surface area contributed by atoms with E-state index in [2.05, 4.69) is 17.3 Å². The van der Waals surface area contributed by atoms with Gasteiger partial charge in [0, 0.05) is 12.1 Å². The van der Waals surface area contributed by atoms with Crippen LogP contribution in [-0.2, 0) is 4.79 Å². The third kappa shape index (κ3) is 3.56. The van der Waals surface area contributed by atoms with Crippen molar-refractivity contribution in [2.24, 2.45) is 4.99 Å². The van der Waals surface area contributed by atoms with Crippen LogP contribution in [0.4, 0.5) is 0 Å². The van der Waals surface area contributed by atoms with Gasteiger partial charge in [-0.3, -0.25) is 20.2 Å². The van der Waals surface area contributed by atoms with Gasteiger partial charge in [0.1, 0.15) is 6.17 Å². The molecule has 1 heterocycles. The van der Waals surface area contributed by atoms with Gasteiger partial charge in [0.2, 0.25) is 5.91 Å². The molecule has 0 saturated carbocycles. The van der Waals surface area contributed by atoms with Crippen LogP contribution in [0.1, 0.15) is 33.1 Å². The van der Waals surface area contributed by atoms with Crippen molar-refractivity contribution < 1.29 is 28.8 Å². The summed E-state index contributed by atoms with van der Waals surface area (Å²) in [5, 5.41) is 15.0. The second-order valence-corrected chi connectivity index (χ2v) is 4.61. The molecule has 102 valence electrons. The van der Waals surface area contributed by atoms with Crippen molar-refractivity contribution in [1.82, 2.24) is 10.4 Å². The summed E-state index contributed by atoms with van der Waals surface area (Å²) < 4.78 is 0. The Morgan fingerprint density at radius 3 is 2.80 bits per heavy atom. The van der Waals surface area contributed by atoms with E-state index in [1.807, 2.05) is 12.1 Å². The predicted molar refractivity (Wildman–Crippen MR) is 69.6 cm³/mol. The summed E-state index contributed by atoms with van der Waals surface area (Å²) in [7, 11) is 0. The average molecular weight is 267 g/mol. The molecule has 0 fully saturated rings. The standard InChI is InChI=1S/C14H19N3O2.Li/c1-3-4-9-13-15-12-8-6-5-7-11(12)14(19)17(13)16-10(2)18;/h5-8,13,19H,3-4,9H2,1-2H3,(H,16,18);/q;+1/p-1. The molecule has 1 N–H and O–H groups in total. The van der Waals surface area contributed by atoms with Gasteiger partial charge in [0.15, 0.2) is 0 Å². The zero-order valence-corrected chi connectivity index (χ0v) is 12.2. The number of nitrogens with one attached hydrogen (secondary N) is 1. The number of hydrazine groups is 1. The largest absolute Gasteiger partial charge is 1.00 e. The van der Waals surface area contributed by atoms with Crippen LogP contribution < -0.4 is 40.0 Å². The fourth-order valence-corrected chi connectivity index (χ4v) is 2.13. The quantitative estimate of drug-likeness (QED) is 0.579. The summed E-state index contributed by atoms with van der Waals surface area (Å²) in [6.07, 6.45) is 2.41. The monoisotopic (exact) mass is 267 g/mol. The van der Waals surface area contributed by atoms with Crippen molar-refractivity contribution in [3.63, 3.8) is 0 Å². The van der Waals surface area contributed by atoms with Gasteiger partial charge in [-0.2, -0.15) is 0 Å². The van der Waals surface area contributed by atoms with Crippen molar-refractivity contribution in [1.29, 1.82) is 0 Å². The zero-order valence-electron chi connectivity index (χ0n) is 12.2. The third-order valence-electron chi connectivity index (χ3n) is 3.03. The molecule has 1 aromatic carbocycles. The number of amides is 1. The second-order valence-electron chi connectivity index (χ2n) is 4.61. The molecule has 1 unspecified atom stereocenters. The van der Waals surface area contributed by atoms with E-state index < -0.39 is 0 Å². The van der Waals surface area contributed by atoms with Gasteiger partial charge < -0.3 is 5.11 Å². The average Bonchev–Trinajstić information content (AvgIpc) is 2.40. The van der Waals surface area contributed by atoms with Gasteiger partial charge in [-0.1, -0.05) is 31.5 Å². The SMILES string of the molecule is CCCCC1N=c2ccccc2=C([O-])N1NC(C)=O.[Li+]. The Labute approximate surface area is 130 Å². The molecular weight excluding hydrogens is 249 g/mol. The summed E-state index contributed by atoms with van der Waals surface area (Å²) in [5.74, 6) is -0.452.